The van der Waals surface area contributed by atoms with E-state index in [1.54, 1.807) is 7.11 Å². The van der Waals surface area contributed by atoms with E-state index in [1.165, 1.54) is 0 Å². The summed E-state index contributed by atoms with van der Waals surface area (Å²) in [6, 6.07) is 7.89. The highest BCUT2D eigenvalue weighted by atomic mass is 16.5. The van der Waals surface area contributed by atoms with Gasteiger partial charge in [-0.3, -0.25) is 0 Å². The molecule has 0 saturated carbocycles. The Morgan fingerprint density at radius 1 is 1.25 bits per heavy atom. The third-order valence-electron chi connectivity index (χ3n) is 2.19. The molecule has 0 radical (unpaired) electrons. The molecule has 0 saturated heterocycles. The topological polar surface area (TPSA) is 18.5 Å². The third kappa shape index (κ3) is 4.37. The molecular weight excluding hydrogens is 200 g/mol. The number of ether oxygens (including phenoxy) is 2. The number of methoxy groups -OCH3 is 1. The standard InChI is InChI=1S/C14H18O2/c1-4-5-12(2)10-16-11-13-6-8-14(15-3)9-7-13/h6-9,12H,10-11H2,1-3H3/t12-/m0/s1. The Kier molecular flexibility index (Phi) is 5.45. The van der Waals surface area contributed by atoms with Crippen molar-refractivity contribution in [2.45, 2.75) is 20.5 Å². The summed E-state index contributed by atoms with van der Waals surface area (Å²) in [5.74, 6) is 7.10. The lowest BCUT2D eigenvalue weighted by Gasteiger charge is -2.07. The molecule has 0 amide bonds. The Bertz CT molecular complexity index is 357. The molecule has 0 N–H and O–H groups in total. The van der Waals surface area contributed by atoms with Gasteiger partial charge in [0.05, 0.1) is 20.3 Å². The Morgan fingerprint density at radius 3 is 2.50 bits per heavy atom. The van der Waals surface area contributed by atoms with Gasteiger partial charge in [-0.2, -0.15) is 0 Å². The maximum atomic E-state index is 5.56. The fourth-order valence-electron chi connectivity index (χ4n) is 1.36. The summed E-state index contributed by atoms with van der Waals surface area (Å²) < 4.78 is 10.6. The van der Waals surface area contributed by atoms with Crippen LogP contribution in [0.25, 0.3) is 0 Å². The van der Waals surface area contributed by atoms with Crippen molar-refractivity contribution in [3.63, 3.8) is 0 Å². The van der Waals surface area contributed by atoms with E-state index in [1.807, 2.05) is 31.2 Å². The van der Waals surface area contributed by atoms with Gasteiger partial charge >= 0.3 is 0 Å². The van der Waals surface area contributed by atoms with Gasteiger partial charge in [0, 0.05) is 5.92 Å². The summed E-state index contributed by atoms with van der Waals surface area (Å²) in [4.78, 5) is 0. The normalized spacial score (nSPS) is 11.4. The molecule has 0 aliphatic rings. The Balaban J connectivity index is 2.33. The van der Waals surface area contributed by atoms with E-state index in [4.69, 9.17) is 9.47 Å². The van der Waals surface area contributed by atoms with E-state index in [9.17, 15) is 0 Å². The van der Waals surface area contributed by atoms with Gasteiger partial charge in [-0.05, 0) is 31.5 Å². The second-order valence-corrected chi connectivity index (χ2v) is 3.66. The maximum Gasteiger partial charge on any atom is 0.118 e. The van der Waals surface area contributed by atoms with Crippen LogP contribution in [0, 0.1) is 17.8 Å². The largest absolute Gasteiger partial charge is 0.497 e. The summed E-state index contributed by atoms with van der Waals surface area (Å²) in [5, 5.41) is 0. The molecule has 0 aliphatic heterocycles. The highest BCUT2D eigenvalue weighted by Gasteiger charge is 1.98. The Labute approximate surface area is 97.6 Å². The third-order valence-corrected chi connectivity index (χ3v) is 2.19. The van der Waals surface area contributed by atoms with Crippen LogP contribution in [0.3, 0.4) is 0 Å². The van der Waals surface area contributed by atoms with E-state index in [0.717, 1.165) is 11.3 Å². The summed E-state index contributed by atoms with van der Waals surface area (Å²) in [6.45, 7) is 5.21. The summed E-state index contributed by atoms with van der Waals surface area (Å²) in [7, 11) is 1.66. The van der Waals surface area contributed by atoms with Crippen molar-refractivity contribution in [1.82, 2.24) is 0 Å². The second kappa shape index (κ2) is 6.92. The fourth-order valence-corrected chi connectivity index (χ4v) is 1.36. The molecule has 2 heteroatoms. The molecule has 1 aromatic carbocycles. The summed E-state index contributed by atoms with van der Waals surface area (Å²) >= 11 is 0. The predicted molar refractivity (Wildman–Crippen MR) is 65.3 cm³/mol. The molecule has 0 unspecified atom stereocenters. The van der Waals surface area contributed by atoms with E-state index in [0.29, 0.717) is 19.1 Å². The number of hydrogen-bond acceptors (Lipinski definition) is 2. The zero-order valence-corrected chi connectivity index (χ0v) is 10.1. The van der Waals surface area contributed by atoms with Crippen LogP contribution in [0.1, 0.15) is 19.4 Å². The molecular formula is C14H18O2. The van der Waals surface area contributed by atoms with Crippen molar-refractivity contribution in [1.29, 1.82) is 0 Å². The van der Waals surface area contributed by atoms with E-state index < -0.39 is 0 Å². The van der Waals surface area contributed by atoms with Crippen molar-refractivity contribution in [2.75, 3.05) is 13.7 Å². The van der Waals surface area contributed by atoms with Crippen LogP contribution >= 0.6 is 0 Å². The van der Waals surface area contributed by atoms with Crippen molar-refractivity contribution in [3.8, 4) is 17.6 Å². The molecule has 0 heterocycles. The van der Waals surface area contributed by atoms with Crippen LogP contribution in [0.2, 0.25) is 0 Å². The Hall–Kier alpha value is -1.46. The first kappa shape index (κ1) is 12.6. The second-order valence-electron chi connectivity index (χ2n) is 3.66. The minimum atomic E-state index is 0.295. The smallest absolute Gasteiger partial charge is 0.118 e. The molecule has 16 heavy (non-hydrogen) atoms. The van der Waals surface area contributed by atoms with E-state index in [-0.39, 0.29) is 0 Å². The fraction of sp³-hybridized carbons (Fsp3) is 0.429. The lowest BCUT2D eigenvalue weighted by molar-refractivity contribution is 0.106. The molecule has 1 atom stereocenters. The van der Waals surface area contributed by atoms with E-state index in [2.05, 4.69) is 18.8 Å². The van der Waals surface area contributed by atoms with Crippen LogP contribution in [0.15, 0.2) is 24.3 Å². The first-order valence-corrected chi connectivity index (χ1v) is 5.39. The van der Waals surface area contributed by atoms with Gasteiger partial charge in [0.15, 0.2) is 0 Å². The molecule has 0 aliphatic carbocycles. The average Bonchev–Trinajstić information content (AvgIpc) is 2.30. The average molecular weight is 218 g/mol. The van der Waals surface area contributed by atoms with Gasteiger partial charge in [-0.15, -0.1) is 5.92 Å². The SMILES string of the molecule is CC#C[C@H](C)COCc1ccc(OC)cc1. The van der Waals surface area contributed by atoms with Crippen LogP contribution in [-0.4, -0.2) is 13.7 Å². The Morgan fingerprint density at radius 2 is 1.94 bits per heavy atom. The zero-order chi connectivity index (χ0) is 11.8. The predicted octanol–water partition coefficient (Wildman–Crippen LogP) is 2.87. The molecule has 1 aromatic rings. The molecule has 0 bridgehead atoms. The minimum absolute atomic E-state index is 0.295. The first-order chi connectivity index (χ1) is 7.76. The van der Waals surface area contributed by atoms with Crippen molar-refractivity contribution < 1.29 is 9.47 Å². The van der Waals surface area contributed by atoms with Crippen LogP contribution in [0.5, 0.6) is 5.75 Å². The maximum absolute atomic E-state index is 5.56. The number of hydrogen-bond donors (Lipinski definition) is 0. The van der Waals surface area contributed by atoms with Crippen molar-refractivity contribution in [2.24, 2.45) is 5.92 Å². The van der Waals surface area contributed by atoms with Crippen molar-refractivity contribution >= 4 is 0 Å². The minimum Gasteiger partial charge on any atom is -0.497 e. The lowest BCUT2D eigenvalue weighted by Crippen LogP contribution is -2.03. The monoisotopic (exact) mass is 218 g/mol. The van der Waals surface area contributed by atoms with Crippen molar-refractivity contribution in [3.05, 3.63) is 29.8 Å². The molecule has 0 aromatic heterocycles. The van der Waals surface area contributed by atoms with Gasteiger partial charge in [0.25, 0.3) is 0 Å². The van der Waals surface area contributed by atoms with E-state index >= 15 is 0 Å². The lowest BCUT2D eigenvalue weighted by atomic mass is 10.2. The quantitative estimate of drug-likeness (QED) is 0.707. The summed E-state index contributed by atoms with van der Waals surface area (Å²) in [5.41, 5.74) is 1.15. The van der Waals surface area contributed by atoms with Gasteiger partial charge < -0.3 is 9.47 Å². The van der Waals surface area contributed by atoms with Crippen LogP contribution in [0.4, 0.5) is 0 Å². The van der Waals surface area contributed by atoms with Gasteiger partial charge in [-0.1, -0.05) is 18.1 Å². The summed E-state index contributed by atoms with van der Waals surface area (Å²) in [6.07, 6.45) is 0. The number of benzene rings is 1. The molecule has 86 valence electrons. The van der Waals surface area contributed by atoms with Crippen LogP contribution < -0.4 is 4.74 Å². The molecule has 2 nitrogen and oxygen atoms in total. The highest BCUT2D eigenvalue weighted by molar-refractivity contribution is 5.26. The van der Waals surface area contributed by atoms with Gasteiger partial charge in [-0.25, -0.2) is 0 Å². The highest BCUT2D eigenvalue weighted by Crippen LogP contribution is 2.12. The first-order valence-electron chi connectivity index (χ1n) is 5.39. The molecule has 0 fully saturated rings. The number of rotatable bonds is 5. The molecule has 1 rings (SSSR count). The zero-order valence-electron chi connectivity index (χ0n) is 10.1. The van der Waals surface area contributed by atoms with Gasteiger partial charge in [0.2, 0.25) is 0 Å². The molecule has 0 spiro atoms. The van der Waals surface area contributed by atoms with Gasteiger partial charge in [0.1, 0.15) is 5.75 Å². The van der Waals surface area contributed by atoms with Crippen LogP contribution in [-0.2, 0) is 11.3 Å².